The molecule has 1 saturated carbocycles. The molecule has 0 aromatic heterocycles. The molecule has 0 saturated heterocycles. The fourth-order valence-electron chi connectivity index (χ4n) is 3.21. The molecule has 2 aliphatic rings. The SMILES string of the molecule is N#CC(C#N)=C1NC(N)=C(C#N)C2(CCCCC2)C1=C=N. The molecule has 6 nitrogen and oxygen atoms in total. The van der Waals surface area contributed by atoms with Gasteiger partial charge >= 0.3 is 0 Å². The van der Waals surface area contributed by atoms with E-state index in [1.54, 1.807) is 0 Å². The van der Waals surface area contributed by atoms with Crippen LogP contribution in [0.1, 0.15) is 32.1 Å². The van der Waals surface area contributed by atoms with Crippen LogP contribution in [0.5, 0.6) is 0 Å². The van der Waals surface area contributed by atoms with Crippen molar-refractivity contribution in [2.75, 3.05) is 0 Å². The monoisotopic (exact) mass is 278 g/mol. The van der Waals surface area contributed by atoms with E-state index in [1.165, 1.54) is 0 Å². The van der Waals surface area contributed by atoms with Crippen molar-refractivity contribution < 1.29 is 0 Å². The van der Waals surface area contributed by atoms with Crippen molar-refractivity contribution in [2.45, 2.75) is 32.1 Å². The number of hydrogen-bond acceptors (Lipinski definition) is 6. The molecule has 0 radical (unpaired) electrons. The second-order valence-electron chi connectivity index (χ2n) is 5.14. The molecule has 0 atom stereocenters. The Balaban J connectivity index is 2.78. The third kappa shape index (κ3) is 2.07. The lowest BCUT2D eigenvalue weighted by Crippen LogP contribution is -2.42. The minimum atomic E-state index is -0.696. The van der Waals surface area contributed by atoms with Crippen LogP contribution < -0.4 is 11.1 Å². The summed E-state index contributed by atoms with van der Waals surface area (Å²) >= 11 is 0. The summed E-state index contributed by atoms with van der Waals surface area (Å²) in [5.74, 6) is 2.52. The summed E-state index contributed by atoms with van der Waals surface area (Å²) in [6, 6.07) is 5.76. The van der Waals surface area contributed by atoms with E-state index in [1.807, 2.05) is 12.1 Å². The number of hydrogen-bond donors (Lipinski definition) is 3. The highest BCUT2D eigenvalue weighted by Gasteiger charge is 2.46. The summed E-state index contributed by atoms with van der Waals surface area (Å²) in [6.45, 7) is 0. The summed E-state index contributed by atoms with van der Waals surface area (Å²) in [6.07, 6.45) is 4.22. The van der Waals surface area contributed by atoms with E-state index < -0.39 is 5.41 Å². The van der Waals surface area contributed by atoms with Gasteiger partial charge < -0.3 is 11.1 Å². The third-order valence-electron chi connectivity index (χ3n) is 4.15. The number of nitrogens with one attached hydrogen (secondary N) is 2. The van der Waals surface area contributed by atoms with Gasteiger partial charge in [0.05, 0.1) is 17.3 Å². The Kier molecular flexibility index (Phi) is 3.81. The number of nitrogens with two attached hydrogens (primary N) is 1. The molecule has 104 valence electrons. The lowest BCUT2D eigenvalue weighted by Gasteiger charge is -2.42. The second kappa shape index (κ2) is 5.55. The van der Waals surface area contributed by atoms with Crippen molar-refractivity contribution in [3.05, 3.63) is 28.2 Å². The molecule has 1 fully saturated rings. The van der Waals surface area contributed by atoms with Crippen LogP contribution in [0.4, 0.5) is 0 Å². The Bertz CT molecular complexity index is 691. The summed E-state index contributed by atoms with van der Waals surface area (Å²) in [5, 5.41) is 38.0. The van der Waals surface area contributed by atoms with E-state index in [-0.39, 0.29) is 17.1 Å². The van der Waals surface area contributed by atoms with E-state index >= 15 is 0 Å². The van der Waals surface area contributed by atoms with Gasteiger partial charge in [-0.15, -0.1) is 0 Å². The zero-order valence-electron chi connectivity index (χ0n) is 11.5. The molecule has 6 heteroatoms. The van der Waals surface area contributed by atoms with Crippen molar-refractivity contribution in [3.8, 4) is 18.2 Å². The van der Waals surface area contributed by atoms with Crippen LogP contribution in [0.25, 0.3) is 0 Å². The van der Waals surface area contributed by atoms with Crippen molar-refractivity contribution in [1.82, 2.24) is 5.32 Å². The van der Waals surface area contributed by atoms with Crippen molar-refractivity contribution >= 4 is 5.87 Å². The van der Waals surface area contributed by atoms with Crippen LogP contribution in [0.15, 0.2) is 28.2 Å². The third-order valence-corrected chi connectivity index (χ3v) is 4.15. The first-order chi connectivity index (χ1) is 10.1. The first-order valence-corrected chi connectivity index (χ1v) is 6.67. The Hall–Kier alpha value is -3.00. The van der Waals surface area contributed by atoms with Gasteiger partial charge in [0.15, 0.2) is 5.57 Å². The van der Waals surface area contributed by atoms with Gasteiger partial charge in [0.2, 0.25) is 0 Å². The Morgan fingerprint density at radius 1 is 1.14 bits per heavy atom. The maximum Gasteiger partial charge on any atom is 0.154 e. The highest BCUT2D eigenvalue weighted by atomic mass is 15.0. The van der Waals surface area contributed by atoms with E-state index in [9.17, 15) is 5.26 Å². The maximum atomic E-state index is 9.46. The molecule has 1 aliphatic heterocycles. The zero-order valence-corrected chi connectivity index (χ0v) is 11.5. The topological polar surface area (TPSA) is 133 Å². The van der Waals surface area contributed by atoms with E-state index in [2.05, 4.69) is 17.3 Å². The summed E-state index contributed by atoms with van der Waals surface area (Å²) in [5.41, 5.74) is 6.10. The molecule has 0 amide bonds. The van der Waals surface area contributed by atoms with Crippen LogP contribution in [0.2, 0.25) is 0 Å². The fourth-order valence-corrected chi connectivity index (χ4v) is 3.21. The molecular formula is C15H14N6. The summed E-state index contributed by atoms with van der Waals surface area (Å²) in [4.78, 5) is 0. The smallest absolute Gasteiger partial charge is 0.154 e. The Morgan fingerprint density at radius 2 is 1.76 bits per heavy atom. The van der Waals surface area contributed by atoms with Crippen LogP contribution in [-0.2, 0) is 0 Å². The highest BCUT2D eigenvalue weighted by Crippen LogP contribution is 2.51. The fraction of sp³-hybridized carbons (Fsp3) is 0.400. The number of nitrogens with zero attached hydrogens (tertiary/aromatic N) is 3. The number of rotatable bonds is 0. The molecule has 0 aromatic rings. The van der Waals surface area contributed by atoms with Gasteiger partial charge in [-0.3, -0.25) is 5.41 Å². The van der Waals surface area contributed by atoms with E-state index in [0.717, 1.165) is 19.3 Å². The highest BCUT2D eigenvalue weighted by molar-refractivity contribution is 5.73. The first kappa shape index (κ1) is 14.4. The second-order valence-corrected chi connectivity index (χ2v) is 5.14. The number of nitriles is 3. The first-order valence-electron chi connectivity index (χ1n) is 6.67. The van der Waals surface area contributed by atoms with Gasteiger partial charge in [-0.2, -0.15) is 15.8 Å². The summed E-state index contributed by atoms with van der Waals surface area (Å²) < 4.78 is 0. The van der Waals surface area contributed by atoms with Crippen LogP contribution in [0.3, 0.4) is 0 Å². The lowest BCUT2D eigenvalue weighted by atomic mass is 9.62. The molecule has 0 aromatic carbocycles. The van der Waals surface area contributed by atoms with Crippen LogP contribution in [0, 0.1) is 44.8 Å². The van der Waals surface area contributed by atoms with Gasteiger partial charge in [-0.05, 0) is 18.7 Å². The average molecular weight is 278 g/mol. The van der Waals surface area contributed by atoms with Gasteiger partial charge in [0, 0.05) is 11.0 Å². The molecule has 1 heterocycles. The minimum Gasteiger partial charge on any atom is -0.384 e. The molecule has 21 heavy (non-hydrogen) atoms. The summed E-state index contributed by atoms with van der Waals surface area (Å²) in [7, 11) is 0. The maximum absolute atomic E-state index is 9.46. The predicted molar refractivity (Wildman–Crippen MR) is 75.0 cm³/mol. The van der Waals surface area contributed by atoms with Crippen molar-refractivity contribution in [1.29, 1.82) is 21.2 Å². The lowest BCUT2D eigenvalue weighted by molar-refractivity contribution is 0.291. The predicted octanol–water partition coefficient (Wildman–Crippen LogP) is 1.71. The van der Waals surface area contributed by atoms with Crippen molar-refractivity contribution in [3.63, 3.8) is 0 Å². The van der Waals surface area contributed by atoms with Gasteiger partial charge in [-0.25, -0.2) is 0 Å². The molecule has 1 aliphatic carbocycles. The van der Waals surface area contributed by atoms with Crippen molar-refractivity contribution in [2.24, 2.45) is 11.1 Å². The molecular weight excluding hydrogens is 264 g/mol. The van der Waals surface area contributed by atoms with Gasteiger partial charge in [0.25, 0.3) is 0 Å². The van der Waals surface area contributed by atoms with Gasteiger partial charge in [-0.1, -0.05) is 19.3 Å². The molecule has 0 bridgehead atoms. The van der Waals surface area contributed by atoms with Gasteiger partial charge in [0.1, 0.15) is 18.0 Å². The molecule has 2 rings (SSSR count). The molecule has 0 unspecified atom stereocenters. The average Bonchev–Trinajstić information content (AvgIpc) is 2.50. The largest absolute Gasteiger partial charge is 0.384 e. The normalized spacial score (nSPS) is 19.9. The van der Waals surface area contributed by atoms with E-state index in [4.69, 9.17) is 21.7 Å². The Labute approximate surface area is 123 Å². The van der Waals surface area contributed by atoms with Crippen LogP contribution in [-0.4, -0.2) is 5.87 Å². The molecule has 4 N–H and O–H groups in total. The van der Waals surface area contributed by atoms with E-state index in [0.29, 0.717) is 24.0 Å². The Morgan fingerprint density at radius 3 is 2.24 bits per heavy atom. The zero-order chi connectivity index (χ0) is 15.5. The quantitative estimate of drug-likeness (QED) is 0.458. The minimum absolute atomic E-state index is 0.144. The number of allylic oxidation sites excluding steroid dienone is 3. The molecule has 1 spiro atoms. The van der Waals surface area contributed by atoms with Crippen LogP contribution >= 0.6 is 0 Å². The standard InChI is InChI=1S/C15H14N6/c16-6-10(7-17)13-11(8-18)15(4-2-1-3-5-15)12(9-19)14(20)21-13/h18,21H,1-5,20H2.